The minimum atomic E-state index is -0.134. The highest BCUT2D eigenvalue weighted by Gasteiger charge is 2.06. The molecule has 0 unspecified atom stereocenters. The van der Waals surface area contributed by atoms with E-state index in [1.807, 2.05) is 37.3 Å². The predicted octanol–water partition coefficient (Wildman–Crippen LogP) is 4.21. The van der Waals surface area contributed by atoms with Gasteiger partial charge in [-0.15, -0.1) is 11.8 Å². The maximum atomic E-state index is 11.9. The monoisotopic (exact) mass is 393 g/mol. The fourth-order valence-electron chi connectivity index (χ4n) is 2.08. The van der Waals surface area contributed by atoms with Crippen LogP contribution in [-0.4, -0.2) is 16.8 Å². The highest BCUT2D eigenvalue weighted by Crippen LogP contribution is 2.22. The van der Waals surface area contributed by atoms with Gasteiger partial charge in [0.05, 0.1) is 5.75 Å². The van der Waals surface area contributed by atoms with Crippen LogP contribution in [0.25, 0.3) is 0 Å². The number of nitrogens with one attached hydrogen (secondary N) is 3. The van der Waals surface area contributed by atoms with Gasteiger partial charge in [0, 0.05) is 16.5 Å². The van der Waals surface area contributed by atoms with Gasteiger partial charge in [-0.05, 0) is 54.9 Å². The summed E-state index contributed by atoms with van der Waals surface area (Å²) in [7, 11) is 0. The second-order valence-corrected chi connectivity index (χ2v) is 7.26. The van der Waals surface area contributed by atoms with Crippen LogP contribution in [0.5, 0.6) is 0 Å². The SMILES string of the molecule is Cc1ccccc1CSCC(=O)NNC(=S)Nc1cccc(Cl)c1C. The van der Waals surface area contributed by atoms with Crippen molar-refractivity contribution in [3.63, 3.8) is 0 Å². The molecule has 0 aliphatic carbocycles. The van der Waals surface area contributed by atoms with Crippen LogP contribution >= 0.6 is 35.6 Å². The molecule has 0 fully saturated rings. The third-order valence-corrected chi connectivity index (χ3v) is 5.18. The summed E-state index contributed by atoms with van der Waals surface area (Å²) < 4.78 is 0. The number of thioether (sulfide) groups is 1. The molecule has 2 aromatic carbocycles. The Morgan fingerprint density at radius 3 is 2.64 bits per heavy atom. The van der Waals surface area contributed by atoms with E-state index in [-0.39, 0.29) is 5.91 Å². The van der Waals surface area contributed by atoms with Crippen LogP contribution < -0.4 is 16.2 Å². The second kappa shape index (κ2) is 9.65. The molecule has 2 rings (SSSR count). The minimum Gasteiger partial charge on any atom is -0.331 e. The van der Waals surface area contributed by atoms with Crippen molar-refractivity contribution in [3.05, 3.63) is 64.2 Å². The second-order valence-electron chi connectivity index (χ2n) is 5.46. The number of rotatable bonds is 5. The zero-order chi connectivity index (χ0) is 18.2. The summed E-state index contributed by atoms with van der Waals surface area (Å²) in [6.45, 7) is 3.97. The van der Waals surface area contributed by atoms with E-state index in [0.717, 1.165) is 17.0 Å². The Labute approximate surface area is 162 Å². The van der Waals surface area contributed by atoms with Gasteiger partial charge in [0.15, 0.2) is 5.11 Å². The van der Waals surface area contributed by atoms with Crippen molar-refractivity contribution in [1.29, 1.82) is 0 Å². The van der Waals surface area contributed by atoms with Crippen LogP contribution in [0.3, 0.4) is 0 Å². The molecule has 7 heteroatoms. The summed E-state index contributed by atoms with van der Waals surface area (Å²) in [6.07, 6.45) is 0. The van der Waals surface area contributed by atoms with Gasteiger partial charge < -0.3 is 5.32 Å². The van der Waals surface area contributed by atoms with Crippen molar-refractivity contribution in [2.75, 3.05) is 11.1 Å². The first-order valence-corrected chi connectivity index (χ1v) is 9.64. The molecule has 0 aromatic heterocycles. The number of carbonyl (C=O) groups excluding carboxylic acids is 1. The van der Waals surface area contributed by atoms with Gasteiger partial charge in [0.2, 0.25) is 5.91 Å². The number of hydrogen-bond acceptors (Lipinski definition) is 3. The molecule has 0 bridgehead atoms. The summed E-state index contributed by atoms with van der Waals surface area (Å²) in [5.41, 5.74) is 9.46. The van der Waals surface area contributed by atoms with Crippen LogP contribution in [0.4, 0.5) is 5.69 Å². The maximum Gasteiger partial charge on any atom is 0.248 e. The first-order valence-electron chi connectivity index (χ1n) is 7.70. The summed E-state index contributed by atoms with van der Waals surface area (Å²) >= 11 is 12.8. The summed E-state index contributed by atoms with van der Waals surface area (Å²) in [5, 5.41) is 3.98. The zero-order valence-electron chi connectivity index (χ0n) is 14.1. The molecule has 132 valence electrons. The summed E-state index contributed by atoms with van der Waals surface area (Å²) in [6, 6.07) is 13.7. The van der Waals surface area contributed by atoms with Crippen LogP contribution in [-0.2, 0) is 10.5 Å². The minimum absolute atomic E-state index is 0.134. The van der Waals surface area contributed by atoms with E-state index in [4.69, 9.17) is 23.8 Å². The van der Waals surface area contributed by atoms with E-state index in [2.05, 4.69) is 35.2 Å². The van der Waals surface area contributed by atoms with E-state index < -0.39 is 0 Å². The van der Waals surface area contributed by atoms with Crippen LogP contribution in [0.1, 0.15) is 16.7 Å². The molecule has 1 amide bonds. The van der Waals surface area contributed by atoms with Gasteiger partial charge in [-0.2, -0.15) is 0 Å². The molecule has 0 aliphatic heterocycles. The van der Waals surface area contributed by atoms with Crippen molar-refractivity contribution in [2.45, 2.75) is 19.6 Å². The lowest BCUT2D eigenvalue weighted by atomic mass is 10.1. The number of anilines is 1. The van der Waals surface area contributed by atoms with E-state index in [1.165, 1.54) is 11.1 Å². The third-order valence-electron chi connectivity index (χ3n) is 3.58. The molecular formula is C18H20ClN3OS2. The molecule has 0 saturated carbocycles. The lowest BCUT2D eigenvalue weighted by Gasteiger charge is -2.13. The standard InChI is InChI=1S/C18H20ClN3OS2/c1-12-6-3-4-7-14(12)10-25-11-17(23)21-22-18(24)20-16-9-5-8-15(19)13(16)2/h3-9H,10-11H2,1-2H3,(H,21,23)(H2,20,22,24). The normalized spacial score (nSPS) is 10.2. The summed E-state index contributed by atoms with van der Waals surface area (Å²) in [4.78, 5) is 11.9. The van der Waals surface area contributed by atoms with Gasteiger partial charge >= 0.3 is 0 Å². The number of halogens is 1. The largest absolute Gasteiger partial charge is 0.331 e. The molecule has 25 heavy (non-hydrogen) atoms. The van der Waals surface area contributed by atoms with Crippen molar-refractivity contribution < 1.29 is 4.79 Å². The van der Waals surface area contributed by atoms with Crippen LogP contribution in [0.15, 0.2) is 42.5 Å². The molecule has 0 heterocycles. The lowest BCUT2D eigenvalue weighted by Crippen LogP contribution is -2.44. The predicted molar refractivity (Wildman–Crippen MR) is 111 cm³/mol. The van der Waals surface area contributed by atoms with Gasteiger partial charge in [-0.25, -0.2) is 0 Å². The smallest absolute Gasteiger partial charge is 0.248 e. The molecule has 3 N–H and O–H groups in total. The number of carbonyl (C=O) groups is 1. The topological polar surface area (TPSA) is 53.2 Å². The Hall–Kier alpha value is -1.76. The van der Waals surface area contributed by atoms with Crippen LogP contribution in [0, 0.1) is 13.8 Å². The first kappa shape index (κ1) is 19.6. The highest BCUT2D eigenvalue weighted by atomic mass is 35.5. The lowest BCUT2D eigenvalue weighted by molar-refractivity contribution is -0.119. The molecule has 0 spiro atoms. The van der Waals surface area contributed by atoms with Crippen molar-refractivity contribution in [2.24, 2.45) is 0 Å². The number of thiocarbonyl (C=S) groups is 1. The van der Waals surface area contributed by atoms with Crippen molar-refractivity contribution in [1.82, 2.24) is 10.9 Å². The molecular weight excluding hydrogens is 374 g/mol. The first-order chi connectivity index (χ1) is 12.0. The number of benzene rings is 2. The Balaban J connectivity index is 1.71. The Bertz CT molecular complexity index is 768. The van der Waals surface area contributed by atoms with Crippen LogP contribution in [0.2, 0.25) is 5.02 Å². The fourth-order valence-corrected chi connectivity index (χ4v) is 3.32. The number of amides is 1. The molecule has 0 atom stereocenters. The molecule has 0 radical (unpaired) electrons. The molecule has 0 aliphatic rings. The van der Waals surface area contributed by atoms with E-state index in [0.29, 0.717) is 15.9 Å². The quantitative estimate of drug-likeness (QED) is 0.524. The van der Waals surface area contributed by atoms with E-state index in [1.54, 1.807) is 11.8 Å². The third kappa shape index (κ3) is 6.23. The Kier molecular flexibility index (Phi) is 7.55. The Morgan fingerprint density at radius 2 is 1.88 bits per heavy atom. The van der Waals surface area contributed by atoms with Gasteiger partial charge in [-0.1, -0.05) is 41.9 Å². The molecule has 2 aromatic rings. The average molecular weight is 394 g/mol. The van der Waals surface area contributed by atoms with Crippen molar-refractivity contribution >= 4 is 52.3 Å². The van der Waals surface area contributed by atoms with Gasteiger partial charge in [0.25, 0.3) is 0 Å². The van der Waals surface area contributed by atoms with E-state index >= 15 is 0 Å². The summed E-state index contributed by atoms with van der Waals surface area (Å²) in [5.74, 6) is 1.01. The number of hydrogen-bond donors (Lipinski definition) is 3. The number of aryl methyl sites for hydroxylation is 1. The fraction of sp³-hybridized carbons (Fsp3) is 0.222. The zero-order valence-corrected chi connectivity index (χ0v) is 16.4. The van der Waals surface area contributed by atoms with Crippen molar-refractivity contribution in [3.8, 4) is 0 Å². The number of hydrazine groups is 1. The van der Waals surface area contributed by atoms with Gasteiger partial charge in [0.1, 0.15) is 0 Å². The van der Waals surface area contributed by atoms with E-state index in [9.17, 15) is 4.79 Å². The Morgan fingerprint density at radius 1 is 1.12 bits per heavy atom. The average Bonchev–Trinajstić information content (AvgIpc) is 2.59. The highest BCUT2D eigenvalue weighted by molar-refractivity contribution is 7.99. The maximum absolute atomic E-state index is 11.9. The molecule has 0 saturated heterocycles. The molecule has 4 nitrogen and oxygen atoms in total. The van der Waals surface area contributed by atoms with Gasteiger partial charge in [-0.3, -0.25) is 15.6 Å².